The fourth-order valence-electron chi connectivity index (χ4n) is 2.95. The molecule has 0 amide bonds. The molecule has 0 aromatic rings. The van der Waals surface area contributed by atoms with E-state index in [1.807, 2.05) is 0 Å². The summed E-state index contributed by atoms with van der Waals surface area (Å²) >= 11 is 0. The van der Waals surface area contributed by atoms with Crippen LogP contribution in [-0.2, 0) is 14.6 Å². The van der Waals surface area contributed by atoms with Crippen LogP contribution in [0.3, 0.4) is 0 Å². The average molecular weight is 262 g/mol. The van der Waals surface area contributed by atoms with E-state index in [1.54, 1.807) is 6.92 Å². The Morgan fingerprint density at radius 1 is 1.41 bits per heavy atom. The van der Waals surface area contributed by atoms with E-state index in [-0.39, 0.29) is 23.5 Å². The second kappa shape index (κ2) is 5.24. The number of sulfone groups is 1. The molecule has 2 rings (SSSR count). The van der Waals surface area contributed by atoms with E-state index in [1.165, 1.54) is 0 Å². The number of rotatable bonds is 6. The summed E-state index contributed by atoms with van der Waals surface area (Å²) in [6.45, 7) is 1.66. The molecule has 0 aromatic carbocycles. The predicted octanol–water partition coefficient (Wildman–Crippen LogP) is 1.13. The number of aliphatic hydroxyl groups excluding tert-OH is 1. The molecule has 5 heteroatoms. The van der Waals surface area contributed by atoms with Crippen molar-refractivity contribution in [2.45, 2.75) is 57.3 Å². The quantitative estimate of drug-likeness (QED) is 0.779. The van der Waals surface area contributed by atoms with Crippen LogP contribution in [0.2, 0.25) is 0 Å². The van der Waals surface area contributed by atoms with Gasteiger partial charge in [-0.05, 0) is 32.1 Å². The molecule has 100 valence electrons. The summed E-state index contributed by atoms with van der Waals surface area (Å²) in [5.41, 5.74) is 0. The molecule has 2 saturated heterocycles. The molecule has 0 aromatic heterocycles. The summed E-state index contributed by atoms with van der Waals surface area (Å²) in [6, 6.07) is 0. The molecule has 0 aliphatic carbocycles. The molecule has 1 N–H and O–H groups in total. The monoisotopic (exact) mass is 262 g/mol. The molecule has 17 heavy (non-hydrogen) atoms. The molecule has 2 bridgehead atoms. The highest BCUT2D eigenvalue weighted by Gasteiger charge is 2.43. The van der Waals surface area contributed by atoms with E-state index < -0.39 is 15.9 Å². The van der Waals surface area contributed by atoms with Crippen molar-refractivity contribution >= 4 is 9.84 Å². The van der Waals surface area contributed by atoms with Gasteiger partial charge in [0.25, 0.3) is 0 Å². The maximum atomic E-state index is 11.3. The zero-order chi connectivity index (χ0) is 12.5. The first kappa shape index (κ1) is 13.3. The number of aliphatic hydroxyl groups is 1. The lowest BCUT2D eigenvalue weighted by Gasteiger charge is -2.24. The summed E-state index contributed by atoms with van der Waals surface area (Å²) in [6.07, 6.45) is 4.44. The predicted molar refractivity (Wildman–Crippen MR) is 65.6 cm³/mol. The molecule has 4 unspecified atom stereocenters. The highest BCUT2D eigenvalue weighted by atomic mass is 32.2. The van der Waals surface area contributed by atoms with Crippen molar-refractivity contribution in [3.05, 3.63) is 0 Å². The van der Waals surface area contributed by atoms with Crippen molar-refractivity contribution in [1.29, 1.82) is 0 Å². The third kappa shape index (κ3) is 3.20. The van der Waals surface area contributed by atoms with Crippen LogP contribution >= 0.6 is 0 Å². The van der Waals surface area contributed by atoms with E-state index in [0.29, 0.717) is 18.9 Å². The molecule has 0 radical (unpaired) electrons. The second-order valence-corrected chi connectivity index (χ2v) is 7.69. The van der Waals surface area contributed by atoms with Gasteiger partial charge in [-0.2, -0.15) is 0 Å². The van der Waals surface area contributed by atoms with Gasteiger partial charge >= 0.3 is 0 Å². The number of fused-ring (bicyclic) bond motifs is 2. The topological polar surface area (TPSA) is 63.6 Å². The fraction of sp³-hybridized carbons (Fsp3) is 1.00. The molecular weight excluding hydrogens is 240 g/mol. The number of hydrogen-bond acceptors (Lipinski definition) is 4. The molecule has 0 spiro atoms. The SMILES string of the molecule is CCS(=O)(=O)CCCC(O)C1CC2CCC1O2. The van der Waals surface area contributed by atoms with E-state index in [4.69, 9.17) is 4.74 Å². The van der Waals surface area contributed by atoms with Gasteiger partial charge in [0.2, 0.25) is 0 Å². The van der Waals surface area contributed by atoms with Crippen LogP contribution in [0.1, 0.15) is 39.0 Å². The second-order valence-electron chi connectivity index (χ2n) is 5.22. The number of ether oxygens (including phenoxy) is 1. The molecule has 4 nitrogen and oxygen atoms in total. The van der Waals surface area contributed by atoms with E-state index in [0.717, 1.165) is 19.3 Å². The van der Waals surface area contributed by atoms with Crippen LogP contribution in [0.15, 0.2) is 0 Å². The Bertz CT molecular complexity index is 352. The smallest absolute Gasteiger partial charge is 0.150 e. The van der Waals surface area contributed by atoms with Gasteiger partial charge in [0.15, 0.2) is 0 Å². The first-order valence-corrected chi connectivity index (χ1v) is 8.38. The highest BCUT2D eigenvalue weighted by Crippen LogP contribution is 2.41. The van der Waals surface area contributed by atoms with Gasteiger partial charge in [-0.25, -0.2) is 8.42 Å². The zero-order valence-corrected chi connectivity index (χ0v) is 11.2. The van der Waals surface area contributed by atoms with Crippen molar-refractivity contribution < 1.29 is 18.3 Å². The molecule has 0 saturated carbocycles. The lowest BCUT2D eigenvalue weighted by atomic mass is 9.84. The summed E-state index contributed by atoms with van der Waals surface area (Å²) in [5.74, 6) is 0.626. The van der Waals surface area contributed by atoms with Crippen LogP contribution < -0.4 is 0 Å². The summed E-state index contributed by atoms with van der Waals surface area (Å²) in [7, 11) is -2.89. The molecule has 2 aliphatic heterocycles. The van der Waals surface area contributed by atoms with Crippen LogP contribution in [0.5, 0.6) is 0 Å². The minimum atomic E-state index is -2.89. The van der Waals surface area contributed by atoms with Crippen molar-refractivity contribution in [1.82, 2.24) is 0 Å². The van der Waals surface area contributed by atoms with Gasteiger partial charge in [-0.15, -0.1) is 0 Å². The highest BCUT2D eigenvalue weighted by molar-refractivity contribution is 7.91. The minimum Gasteiger partial charge on any atom is -0.393 e. The van der Waals surface area contributed by atoms with Crippen LogP contribution in [0.25, 0.3) is 0 Å². The molecule has 2 aliphatic rings. The zero-order valence-electron chi connectivity index (χ0n) is 10.3. The lowest BCUT2D eigenvalue weighted by Crippen LogP contribution is -2.29. The van der Waals surface area contributed by atoms with Gasteiger partial charge in [-0.1, -0.05) is 6.92 Å². The molecular formula is C12H22O4S. The van der Waals surface area contributed by atoms with Gasteiger partial charge in [0.05, 0.1) is 24.1 Å². The maximum absolute atomic E-state index is 11.3. The van der Waals surface area contributed by atoms with Crippen molar-refractivity contribution in [2.24, 2.45) is 5.92 Å². The Balaban J connectivity index is 1.73. The van der Waals surface area contributed by atoms with Gasteiger partial charge in [-0.3, -0.25) is 0 Å². The third-order valence-corrected chi connectivity index (χ3v) is 5.83. The van der Waals surface area contributed by atoms with E-state index >= 15 is 0 Å². The minimum absolute atomic E-state index is 0.195. The van der Waals surface area contributed by atoms with Crippen LogP contribution in [0, 0.1) is 5.92 Å². The Labute approximate surface area is 103 Å². The van der Waals surface area contributed by atoms with Gasteiger partial charge < -0.3 is 9.84 Å². The van der Waals surface area contributed by atoms with Crippen molar-refractivity contribution in [3.8, 4) is 0 Å². The Kier molecular flexibility index (Phi) is 4.10. The fourth-order valence-corrected chi connectivity index (χ4v) is 3.85. The molecule has 4 atom stereocenters. The maximum Gasteiger partial charge on any atom is 0.150 e. The van der Waals surface area contributed by atoms with Gasteiger partial charge in [0, 0.05) is 11.7 Å². The summed E-state index contributed by atoms with van der Waals surface area (Å²) in [4.78, 5) is 0. The standard InChI is InChI=1S/C12H22O4S/c1-2-17(14,15)7-3-4-11(13)10-8-9-5-6-12(10)16-9/h9-13H,2-8H2,1H3. The normalized spacial score (nSPS) is 34.1. The van der Waals surface area contributed by atoms with E-state index in [2.05, 4.69) is 0 Å². The third-order valence-electron chi connectivity index (χ3n) is 4.04. The summed E-state index contributed by atoms with van der Waals surface area (Å²) in [5, 5.41) is 10.1. The first-order chi connectivity index (χ1) is 8.02. The Hall–Kier alpha value is -0.130. The summed E-state index contributed by atoms with van der Waals surface area (Å²) < 4.78 is 28.3. The molecule has 2 fully saturated rings. The van der Waals surface area contributed by atoms with Crippen molar-refractivity contribution in [3.63, 3.8) is 0 Å². The number of hydrogen-bond donors (Lipinski definition) is 1. The average Bonchev–Trinajstić information content (AvgIpc) is 2.90. The van der Waals surface area contributed by atoms with E-state index in [9.17, 15) is 13.5 Å². The first-order valence-electron chi connectivity index (χ1n) is 6.56. The van der Waals surface area contributed by atoms with Crippen LogP contribution in [0.4, 0.5) is 0 Å². The molecule has 2 heterocycles. The lowest BCUT2D eigenvalue weighted by molar-refractivity contribution is 0.0387. The van der Waals surface area contributed by atoms with Crippen molar-refractivity contribution in [2.75, 3.05) is 11.5 Å². The Morgan fingerprint density at radius 2 is 2.18 bits per heavy atom. The Morgan fingerprint density at radius 3 is 2.71 bits per heavy atom. The van der Waals surface area contributed by atoms with Crippen LogP contribution in [-0.4, -0.2) is 43.3 Å². The largest absolute Gasteiger partial charge is 0.393 e. The van der Waals surface area contributed by atoms with Gasteiger partial charge in [0.1, 0.15) is 9.84 Å².